The molecule has 0 radical (unpaired) electrons. The Morgan fingerprint density at radius 3 is 2.74 bits per heavy atom. The number of nitrogens with one attached hydrogen (secondary N) is 2. The van der Waals surface area contributed by atoms with Crippen molar-refractivity contribution in [2.24, 2.45) is 0 Å². The first-order valence-corrected chi connectivity index (χ1v) is 8.71. The molecule has 142 valence electrons. The molecule has 2 heterocycles. The van der Waals surface area contributed by atoms with Crippen molar-refractivity contribution in [3.05, 3.63) is 41.6 Å². The average Bonchev–Trinajstić information content (AvgIpc) is 2.85. The quantitative estimate of drug-likeness (QED) is 0.751. The van der Waals surface area contributed by atoms with E-state index in [2.05, 4.69) is 17.2 Å². The first-order chi connectivity index (χ1) is 12.8. The van der Waals surface area contributed by atoms with Gasteiger partial charge >= 0.3 is 0 Å². The fourth-order valence-corrected chi connectivity index (χ4v) is 3.19. The van der Waals surface area contributed by atoms with E-state index in [0.29, 0.717) is 18.5 Å². The summed E-state index contributed by atoms with van der Waals surface area (Å²) in [6, 6.07) is 3.68. The van der Waals surface area contributed by atoms with Crippen LogP contribution in [0.4, 0.5) is 0 Å². The van der Waals surface area contributed by atoms with Crippen molar-refractivity contribution < 1.29 is 23.9 Å². The maximum atomic E-state index is 12.9. The molecule has 1 aromatic rings. The van der Waals surface area contributed by atoms with Gasteiger partial charge in [-0.05, 0) is 38.8 Å². The van der Waals surface area contributed by atoms with Crippen LogP contribution in [0.5, 0.6) is 5.75 Å². The maximum Gasteiger partial charge on any atom is 0.266 e. The lowest BCUT2D eigenvalue weighted by Gasteiger charge is -2.29. The SMILES string of the molecule is C=C1CCC(N2C(=O)c3cccc(OCC(=O)NC(C)C)c3C2=O)C(=O)N1. The number of imide groups is 1. The number of ether oxygens (including phenoxy) is 1. The summed E-state index contributed by atoms with van der Waals surface area (Å²) in [5.41, 5.74) is 0.809. The lowest BCUT2D eigenvalue weighted by atomic mass is 10.0. The molecule has 2 N–H and O–H groups in total. The second-order valence-corrected chi connectivity index (χ2v) is 6.82. The number of hydrogen-bond donors (Lipinski definition) is 2. The number of carbonyl (C=O) groups is 4. The zero-order valence-electron chi connectivity index (χ0n) is 15.2. The zero-order chi connectivity index (χ0) is 19.7. The van der Waals surface area contributed by atoms with Crippen LogP contribution in [0.2, 0.25) is 0 Å². The summed E-state index contributed by atoms with van der Waals surface area (Å²) in [7, 11) is 0. The number of hydrogen-bond acceptors (Lipinski definition) is 5. The van der Waals surface area contributed by atoms with Crippen molar-refractivity contribution in [2.45, 2.75) is 38.8 Å². The van der Waals surface area contributed by atoms with Gasteiger partial charge in [0.25, 0.3) is 17.7 Å². The monoisotopic (exact) mass is 371 g/mol. The lowest BCUT2D eigenvalue weighted by Crippen LogP contribution is -2.51. The highest BCUT2D eigenvalue weighted by Crippen LogP contribution is 2.33. The maximum absolute atomic E-state index is 12.9. The van der Waals surface area contributed by atoms with Crippen molar-refractivity contribution >= 4 is 23.6 Å². The minimum Gasteiger partial charge on any atom is -0.483 e. The van der Waals surface area contributed by atoms with E-state index in [1.54, 1.807) is 6.07 Å². The Bertz CT molecular complexity index is 846. The number of rotatable bonds is 5. The third-order valence-electron chi connectivity index (χ3n) is 4.35. The van der Waals surface area contributed by atoms with Gasteiger partial charge in [-0.2, -0.15) is 0 Å². The molecular formula is C19H21N3O5. The highest BCUT2D eigenvalue weighted by Gasteiger charge is 2.45. The molecule has 27 heavy (non-hydrogen) atoms. The smallest absolute Gasteiger partial charge is 0.266 e. The van der Waals surface area contributed by atoms with Crippen LogP contribution in [-0.4, -0.2) is 47.2 Å². The van der Waals surface area contributed by atoms with Gasteiger partial charge in [-0.1, -0.05) is 12.6 Å². The second kappa shape index (κ2) is 7.22. The summed E-state index contributed by atoms with van der Waals surface area (Å²) in [6.07, 6.45) is 0.811. The van der Waals surface area contributed by atoms with Gasteiger partial charge in [-0.25, -0.2) is 0 Å². The van der Waals surface area contributed by atoms with Crippen molar-refractivity contribution in [2.75, 3.05) is 6.61 Å². The van der Waals surface area contributed by atoms with Crippen LogP contribution in [0.3, 0.4) is 0 Å². The van der Waals surface area contributed by atoms with Crippen molar-refractivity contribution in [1.29, 1.82) is 0 Å². The summed E-state index contributed by atoms with van der Waals surface area (Å²) in [5, 5.41) is 5.27. The largest absolute Gasteiger partial charge is 0.483 e. The Morgan fingerprint density at radius 1 is 1.33 bits per heavy atom. The number of fused-ring (bicyclic) bond motifs is 1. The molecule has 1 fully saturated rings. The van der Waals surface area contributed by atoms with Gasteiger partial charge in [0.1, 0.15) is 11.8 Å². The van der Waals surface area contributed by atoms with Gasteiger partial charge in [-0.15, -0.1) is 0 Å². The van der Waals surface area contributed by atoms with Crippen molar-refractivity contribution in [1.82, 2.24) is 15.5 Å². The minimum atomic E-state index is -0.889. The van der Waals surface area contributed by atoms with Gasteiger partial charge in [0.15, 0.2) is 6.61 Å². The third kappa shape index (κ3) is 3.55. The van der Waals surface area contributed by atoms with Crippen LogP contribution in [0.1, 0.15) is 47.4 Å². The summed E-state index contributed by atoms with van der Waals surface area (Å²) >= 11 is 0. The Labute approximate surface area is 156 Å². The Kier molecular flexibility index (Phi) is 4.98. The van der Waals surface area contributed by atoms with Gasteiger partial charge in [0.2, 0.25) is 5.91 Å². The molecule has 0 aromatic heterocycles. The third-order valence-corrected chi connectivity index (χ3v) is 4.35. The van der Waals surface area contributed by atoms with E-state index < -0.39 is 23.8 Å². The average molecular weight is 371 g/mol. The van der Waals surface area contributed by atoms with E-state index in [-0.39, 0.29) is 35.4 Å². The Balaban J connectivity index is 1.83. The van der Waals surface area contributed by atoms with Crippen LogP contribution < -0.4 is 15.4 Å². The molecule has 0 bridgehead atoms. The molecule has 8 heteroatoms. The minimum absolute atomic E-state index is 0.0409. The van der Waals surface area contributed by atoms with Crippen molar-refractivity contribution in [3.8, 4) is 5.75 Å². The second-order valence-electron chi connectivity index (χ2n) is 6.82. The molecule has 1 atom stereocenters. The van der Waals surface area contributed by atoms with E-state index in [0.717, 1.165) is 4.90 Å². The fraction of sp³-hybridized carbons (Fsp3) is 0.368. The summed E-state index contributed by atoms with van der Waals surface area (Å²) < 4.78 is 5.48. The molecule has 2 aliphatic heterocycles. The first-order valence-electron chi connectivity index (χ1n) is 8.71. The summed E-state index contributed by atoms with van der Waals surface area (Å²) in [6.45, 7) is 7.07. The fourth-order valence-electron chi connectivity index (χ4n) is 3.19. The number of nitrogens with zero attached hydrogens (tertiary/aromatic N) is 1. The van der Waals surface area contributed by atoms with Crippen LogP contribution in [0, 0.1) is 0 Å². The molecule has 3 rings (SSSR count). The van der Waals surface area contributed by atoms with E-state index in [4.69, 9.17) is 4.74 Å². The predicted octanol–water partition coefficient (Wildman–Crippen LogP) is 0.978. The number of piperidine rings is 1. The highest BCUT2D eigenvalue weighted by molar-refractivity contribution is 6.24. The molecular weight excluding hydrogens is 350 g/mol. The molecule has 2 aliphatic rings. The highest BCUT2D eigenvalue weighted by atomic mass is 16.5. The number of amides is 4. The van der Waals surface area contributed by atoms with Crippen LogP contribution in [0.15, 0.2) is 30.5 Å². The molecule has 0 saturated carbocycles. The van der Waals surface area contributed by atoms with E-state index in [1.165, 1.54) is 12.1 Å². The summed E-state index contributed by atoms with van der Waals surface area (Å²) in [4.78, 5) is 50.6. The van der Waals surface area contributed by atoms with Crippen LogP contribution >= 0.6 is 0 Å². The Hall–Kier alpha value is -3.16. The molecule has 0 aliphatic carbocycles. The van der Waals surface area contributed by atoms with Gasteiger partial charge < -0.3 is 15.4 Å². The van der Waals surface area contributed by atoms with Gasteiger partial charge in [0.05, 0.1) is 11.1 Å². The molecule has 8 nitrogen and oxygen atoms in total. The lowest BCUT2D eigenvalue weighted by molar-refractivity contribution is -0.125. The Morgan fingerprint density at radius 2 is 2.07 bits per heavy atom. The van der Waals surface area contributed by atoms with Gasteiger partial charge in [-0.3, -0.25) is 24.1 Å². The molecule has 1 aromatic carbocycles. The van der Waals surface area contributed by atoms with E-state index in [1.807, 2.05) is 13.8 Å². The molecule has 0 spiro atoms. The van der Waals surface area contributed by atoms with E-state index >= 15 is 0 Å². The van der Waals surface area contributed by atoms with Crippen molar-refractivity contribution in [3.63, 3.8) is 0 Å². The van der Waals surface area contributed by atoms with E-state index in [9.17, 15) is 19.2 Å². The molecule has 4 amide bonds. The topological polar surface area (TPSA) is 105 Å². The normalized spacial score (nSPS) is 19.2. The molecule has 1 saturated heterocycles. The standard InChI is InChI=1S/C19H21N3O5/c1-10(2)20-15(23)9-27-14-6-4-5-12-16(14)19(26)22(18(12)25)13-8-7-11(3)21-17(13)24/h4-6,10,13H,3,7-9H2,1-2H3,(H,20,23)(H,21,24). The zero-order valence-corrected chi connectivity index (χ0v) is 15.2. The summed E-state index contributed by atoms with van der Waals surface area (Å²) in [5.74, 6) is -1.75. The number of allylic oxidation sites excluding steroid dienone is 1. The van der Waals surface area contributed by atoms with Crippen LogP contribution in [0.25, 0.3) is 0 Å². The first kappa shape index (κ1) is 18.6. The van der Waals surface area contributed by atoms with Crippen LogP contribution in [-0.2, 0) is 9.59 Å². The molecule has 1 unspecified atom stereocenters. The predicted molar refractivity (Wildman–Crippen MR) is 96.0 cm³/mol. The number of carbonyl (C=O) groups excluding carboxylic acids is 4. The van der Waals surface area contributed by atoms with Gasteiger partial charge in [0, 0.05) is 11.7 Å². The number of benzene rings is 1.